The van der Waals surface area contributed by atoms with Crippen molar-refractivity contribution in [2.75, 3.05) is 12.9 Å². The predicted octanol–water partition coefficient (Wildman–Crippen LogP) is 3.66. The molecule has 3 heteroatoms. The maximum Gasteiger partial charge on any atom is 0.118 e. The molecule has 0 unspecified atom stereocenters. The Morgan fingerprint density at radius 1 is 1.20 bits per heavy atom. The Hall–Kier alpha value is -0.670. The maximum absolute atomic E-state index is 5.47. The second kappa shape index (κ2) is 7.60. The fraction of sp³-hybridized carbons (Fsp3) is 0.500. The lowest BCUT2D eigenvalue weighted by Gasteiger charge is -2.03. The predicted molar refractivity (Wildman–Crippen MR) is 65.1 cm³/mol. The van der Waals surface area contributed by atoms with Crippen molar-refractivity contribution in [1.29, 1.82) is 0 Å². The van der Waals surface area contributed by atoms with Gasteiger partial charge in [-0.25, -0.2) is 0 Å². The molecule has 0 fully saturated rings. The minimum absolute atomic E-state index is 0.665. The molecule has 0 N–H and O–H groups in total. The summed E-state index contributed by atoms with van der Waals surface area (Å²) in [6.45, 7) is 2.85. The van der Waals surface area contributed by atoms with Crippen LogP contribution in [0.3, 0.4) is 0 Å². The Balaban J connectivity index is 2.20. The van der Waals surface area contributed by atoms with Crippen molar-refractivity contribution < 1.29 is 8.92 Å². The zero-order chi connectivity index (χ0) is 10.9. The number of ether oxygens (including phenoxy) is 1. The van der Waals surface area contributed by atoms with Crippen LogP contribution in [0.5, 0.6) is 5.75 Å². The molecule has 84 valence electrons. The first-order chi connectivity index (χ1) is 7.36. The van der Waals surface area contributed by atoms with E-state index in [1.807, 2.05) is 24.3 Å². The van der Waals surface area contributed by atoms with E-state index in [1.165, 1.54) is 18.4 Å². The van der Waals surface area contributed by atoms with Crippen LogP contribution < -0.4 is 4.74 Å². The van der Waals surface area contributed by atoms with E-state index in [1.54, 1.807) is 19.2 Å². The van der Waals surface area contributed by atoms with Gasteiger partial charge < -0.3 is 8.92 Å². The number of hydrogen-bond acceptors (Lipinski definition) is 3. The molecule has 15 heavy (non-hydrogen) atoms. The smallest absolute Gasteiger partial charge is 0.118 e. The summed E-state index contributed by atoms with van der Waals surface area (Å²) in [6, 6.07) is 7.96. The van der Waals surface area contributed by atoms with Gasteiger partial charge in [-0.2, -0.15) is 0 Å². The molecule has 0 aliphatic heterocycles. The topological polar surface area (TPSA) is 18.5 Å². The van der Waals surface area contributed by atoms with E-state index < -0.39 is 0 Å². The fourth-order valence-corrected chi connectivity index (χ4v) is 1.84. The van der Waals surface area contributed by atoms with Crippen molar-refractivity contribution in [1.82, 2.24) is 0 Å². The van der Waals surface area contributed by atoms with Crippen LogP contribution in [0, 0.1) is 0 Å². The van der Waals surface area contributed by atoms with E-state index in [0.717, 1.165) is 11.5 Å². The van der Waals surface area contributed by atoms with Crippen molar-refractivity contribution in [3.63, 3.8) is 0 Å². The monoisotopic (exact) mass is 226 g/mol. The molecule has 0 radical (unpaired) electrons. The standard InChI is InChI=1S/C12H18O2S/c1-3-4-9-15-14-10-11-5-7-12(13-2)8-6-11/h5-8H,3-4,9-10H2,1-2H3. The van der Waals surface area contributed by atoms with Crippen LogP contribution in [0.4, 0.5) is 0 Å². The zero-order valence-electron chi connectivity index (χ0n) is 9.36. The van der Waals surface area contributed by atoms with Crippen LogP contribution >= 0.6 is 12.0 Å². The number of rotatable bonds is 7. The third-order valence-electron chi connectivity index (χ3n) is 2.05. The molecule has 1 aromatic carbocycles. The van der Waals surface area contributed by atoms with E-state index in [2.05, 4.69) is 6.92 Å². The summed E-state index contributed by atoms with van der Waals surface area (Å²) in [5, 5.41) is 0. The minimum atomic E-state index is 0.665. The normalized spacial score (nSPS) is 10.3. The Morgan fingerprint density at radius 2 is 1.93 bits per heavy atom. The van der Waals surface area contributed by atoms with Crippen molar-refractivity contribution >= 4 is 12.0 Å². The third-order valence-corrected chi connectivity index (χ3v) is 2.79. The first-order valence-corrected chi connectivity index (χ1v) is 6.15. The molecule has 0 amide bonds. The van der Waals surface area contributed by atoms with Gasteiger partial charge in [-0.1, -0.05) is 25.5 Å². The average molecular weight is 226 g/mol. The molecule has 1 aromatic rings. The summed E-state index contributed by atoms with van der Waals surface area (Å²) in [7, 11) is 1.67. The molecule has 0 heterocycles. The first-order valence-electron chi connectivity index (χ1n) is 5.24. The molecule has 0 aromatic heterocycles. The van der Waals surface area contributed by atoms with Crippen LogP contribution in [-0.2, 0) is 10.8 Å². The first kappa shape index (κ1) is 12.4. The van der Waals surface area contributed by atoms with E-state index in [4.69, 9.17) is 8.92 Å². The summed E-state index contributed by atoms with van der Waals surface area (Å²) in [6.07, 6.45) is 2.44. The highest BCUT2D eigenvalue weighted by atomic mass is 32.2. The molecule has 0 bridgehead atoms. The minimum Gasteiger partial charge on any atom is -0.497 e. The van der Waals surface area contributed by atoms with Gasteiger partial charge in [0.25, 0.3) is 0 Å². The summed E-state index contributed by atoms with van der Waals surface area (Å²) in [5.41, 5.74) is 1.18. The second-order valence-corrected chi connectivity index (χ2v) is 4.17. The molecule has 2 nitrogen and oxygen atoms in total. The van der Waals surface area contributed by atoms with Gasteiger partial charge in [-0.05, 0) is 36.2 Å². The van der Waals surface area contributed by atoms with Crippen LogP contribution in [0.15, 0.2) is 24.3 Å². The lowest BCUT2D eigenvalue weighted by Crippen LogP contribution is -1.88. The summed E-state index contributed by atoms with van der Waals surface area (Å²) < 4.78 is 10.6. The molecule has 0 saturated carbocycles. The average Bonchev–Trinajstić information content (AvgIpc) is 2.30. The summed E-state index contributed by atoms with van der Waals surface area (Å²) in [4.78, 5) is 0. The Kier molecular flexibility index (Phi) is 6.28. The summed E-state index contributed by atoms with van der Waals surface area (Å²) in [5.74, 6) is 1.96. The molecule has 0 saturated heterocycles. The molecule has 1 rings (SSSR count). The quantitative estimate of drug-likeness (QED) is 0.522. The summed E-state index contributed by atoms with van der Waals surface area (Å²) >= 11 is 1.55. The Labute approximate surface area is 96.2 Å². The number of methoxy groups -OCH3 is 1. The van der Waals surface area contributed by atoms with E-state index in [9.17, 15) is 0 Å². The highest BCUT2D eigenvalue weighted by Gasteiger charge is 1.95. The van der Waals surface area contributed by atoms with E-state index in [0.29, 0.717) is 6.61 Å². The molecule has 0 aliphatic carbocycles. The van der Waals surface area contributed by atoms with Crippen molar-refractivity contribution in [2.45, 2.75) is 26.4 Å². The van der Waals surface area contributed by atoms with Crippen LogP contribution in [0.2, 0.25) is 0 Å². The van der Waals surface area contributed by atoms with Crippen LogP contribution in [-0.4, -0.2) is 12.9 Å². The molecular formula is C12H18O2S. The zero-order valence-corrected chi connectivity index (χ0v) is 10.2. The number of unbranched alkanes of at least 4 members (excludes halogenated alkanes) is 1. The number of hydrogen-bond donors (Lipinski definition) is 0. The third kappa shape index (κ3) is 5.09. The van der Waals surface area contributed by atoms with Crippen LogP contribution in [0.25, 0.3) is 0 Å². The van der Waals surface area contributed by atoms with Crippen LogP contribution in [0.1, 0.15) is 25.3 Å². The Morgan fingerprint density at radius 3 is 2.53 bits per heavy atom. The molecule has 0 atom stereocenters. The largest absolute Gasteiger partial charge is 0.497 e. The molecule has 0 aliphatic rings. The molecular weight excluding hydrogens is 208 g/mol. The highest BCUT2D eigenvalue weighted by molar-refractivity contribution is 7.94. The fourth-order valence-electron chi connectivity index (χ4n) is 1.09. The molecule has 0 spiro atoms. The van der Waals surface area contributed by atoms with Gasteiger partial charge in [-0.15, -0.1) is 0 Å². The lowest BCUT2D eigenvalue weighted by molar-refractivity contribution is 0.362. The number of benzene rings is 1. The highest BCUT2D eigenvalue weighted by Crippen LogP contribution is 2.14. The Bertz CT molecular complexity index is 259. The van der Waals surface area contributed by atoms with E-state index in [-0.39, 0.29) is 0 Å². The lowest BCUT2D eigenvalue weighted by atomic mass is 10.2. The van der Waals surface area contributed by atoms with Gasteiger partial charge in [0.15, 0.2) is 0 Å². The van der Waals surface area contributed by atoms with Gasteiger partial charge in [0.05, 0.1) is 13.7 Å². The van der Waals surface area contributed by atoms with Crippen molar-refractivity contribution in [3.8, 4) is 5.75 Å². The van der Waals surface area contributed by atoms with Gasteiger partial charge in [0.2, 0.25) is 0 Å². The van der Waals surface area contributed by atoms with Crippen molar-refractivity contribution in [3.05, 3.63) is 29.8 Å². The maximum atomic E-state index is 5.47. The SMILES string of the molecule is CCCCSOCc1ccc(OC)cc1. The second-order valence-electron chi connectivity index (χ2n) is 3.29. The van der Waals surface area contributed by atoms with Gasteiger partial charge in [0.1, 0.15) is 5.75 Å². The van der Waals surface area contributed by atoms with E-state index >= 15 is 0 Å². The van der Waals surface area contributed by atoms with Gasteiger partial charge in [-0.3, -0.25) is 0 Å². The van der Waals surface area contributed by atoms with Crippen molar-refractivity contribution in [2.24, 2.45) is 0 Å². The van der Waals surface area contributed by atoms with Gasteiger partial charge in [0, 0.05) is 5.75 Å². The van der Waals surface area contributed by atoms with Gasteiger partial charge >= 0.3 is 0 Å².